The minimum Gasteiger partial charge on any atom is -0.443 e. The lowest BCUT2D eigenvalue weighted by molar-refractivity contribution is 0.0376. The van der Waals surface area contributed by atoms with E-state index in [9.17, 15) is 4.79 Å². The molecule has 1 aliphatic heterocycles. The van der Waals surface area contributed by atoms with Crippen LogP contribution in [0.25, 0.3) is 0 Å². The maximum atomic E-state index is 12.2. The summed E-state index contributed by atoms with van der Waals surface area (Å²) in [5.41, 5.74) is 3.14. The van der Waals surface area contributed by atoms with Crippen LogP contribution < -0.4 is 0 Å². The summed E-state index contributed by atoms with van der Waals surface area (Å²) in [6, 6.07) is 0. The topological polar surface area (TPSA) is 29.5 Å². The second-order valence-electron chi connectivity index (χ2n) is 6.25. The number of rotatable bonds is 0. The van der Waals surface area contributed by atoms with Crippen LogP contribution in [-0.4, -0.2) is 16.6 Å². The van der Waals surface area contributed by atoms with Crippen molar-refractivity contribution in [2.45, 2.75) is 32.8 Å². The van der Waals surface area contributed by atoms with Crippen LogP contribution in [0.15, 0.2) is 59.5 Å². The number of carbonyl (C=O) groups excluding carboxylic acids is 1. The van der Waals surface area contributed by atoms with Crippen molar-refractivity contribution in [1.82, 2.24) is 4.90 Å². The van der Waals surface area contributed by atoms with Crippen LogP contribution in [0.2, 0.25) is 0 Å². The average molecular weight is 269 g/mol. The zero-order chi connectivity index (χ0) is 14.3. The third-order valence-electron chi connectivity index (χ3n) is 3.50. The number of allylic oxidation sites excluding steroid dienone is 8. The lowest BCUT2D eigenvalue weighted by Gasteiger charge is -2.34. The monoisotopic (exact) mass is 269 g/mol. The Hall–Kier alpha value is -2.03. The molecule has 20 heavy (non-hydrogen) atoms. The predicted octanol–water partition coefficient (Wildman–Crippen LogP) is 4.08. The molecule has 104 valence electrons. The first-order valence-corrected chi connectivity index (χ1v) is 6.93. The fourth-order valence-electron chi connectivity index (χ4n) is 2.66. The summed E-state index contributed by atoms with van der Waals surface area (Å²) in [6.45, 7) is 5.64. The van der Waals surface area contributed by atoms with Crippen molar-refractivity contribution in [2.75, 3.05) is 0 Å². The molecular weight excluding hydrogens is 250 g/mol. The summed E-state index contributed by atoms with van der Waals surface area (Å²) in [4.78, 5) is 13.9. The summed E-state index contributed by atoms with van der Waals surface area (Å²) in [7, 11) is 0. The van der Waals surface area contributed by atoms with E-state index in [2.05, 4.69) is 24.3 Å². The molecule has 2 bridgehead atoms. The van der Waals surface area contributed by atoms with Gasteiger partial charge in [0.2, 0.25) is 0 Å². The smallest absolute Gasteiger partial charge is 0.418 e. The molecular formula is C17H19NO2. The largest absolute Gasteiger partial charge is 0.443 e. The quantitative estimate of drug-likeness (QED) is 0.663. The van der Waals surface area contributed by atoms with Crippen LogP contribution in [0.3, 0.4) is 0 Å². The number of carbonyl (C=O) groups is 1. The average Bonchev–Trinajstić information content (AvgIpc) is 2.37. The van der Waals surface area contributed by atoms with Gasteiger partial charge in [-0.3, -0.25) is 4.90 Å². The standard InChI is InChI=1S/C17H19NO2/c1-17(2,3)20-16(19)18-9-8-13-11-14(18)10-12-6-4-5-7-15(12)13/h4-10,12H,11H2,1-3H3. The molecule has 0 spiro atoms. The molecule has 1 heterocycles. The zero-order valence-electron chi connectivity index (χ0n) is 12.1. The summed E-state index contributed by atoms with van der Waals surface area (Å²) < 4.78 is 5.45. The highest BCUT2D eigenvalue weighted by molar-refractivity contribution is 5.73. The highest BCUT2D eigenvalue weighted by atomic mass is 16.6. The number of hydrogen-bond acceptors (Lipinski definition) is 2. The van der Waals surface area contributed by atoms with Crippen LogP contribution in [0.5, 0.6) is 0 Å². The minimum absolute atomic E-state index is 0.272. The van der Waals surface area contributed by atoms with Gasteiger partial charge in [0.25, 0.3) is 0 Å². The van der Waals surface area contributed by atoms with E-state index >= 15 is 0 Å². The fourth-order valence-corrected chi connectivity index (χ4v) is 2.66. The van der Waals surface area contributed by atoms with Gasteiger partial charge in [-0.25, -0.2) is 4.79 Å². The van der Waals surface area contributed by atoms with E-state index in [-0.39, 0.29) is 12.0 Å². The van der Waals surface area contributed by atoms with E-state index < -0.39 is 5.60 Å². The Bertz CT molecular complexity index is 597. The molecule has 3 aliphatic rings. The molecule has 1 unspecified atom stereocenters. The number of amides is 1. The van der Waals surface area contributed by atoms with Crippen molar-refractivity contribution in [3.8, 4) is 0 Å². The van der Waals surface area contributed by atoms with Crippen molar-refractivity contribution in [3.63, 3.8) is 0 Å². The van der Waals surface area contributed by atoms with E-state index in [1.54, 1.807) is 4.90 Å². The summed E-state index contributed by atoms with van der Waals surface area (Å²) in [6.07, 6.45) is 14.9. The molecule has 0 fully saturated rings. The normalized spacial score (nSPS) is 23.6. The van der Waals surface area contributed by atoms with Crippen LogP contribution in [-0.2, 0) is 4.74 Å². The predicted molar refractivity (Wildman–Crippen MR) is 78.7 cm³/mol. The van der Waals surface area contributed by atoms with Gasteiger partial charge in [-0.05, 0) is 38.0 Å². The SMILES string of the molecule is CC(C)(C)OC(=O)N1C=CC2=C3C=CC=CC3C=C1C2. The van der Waals surface area contributed by atoms with Gasteiger partial charge < -0.3 is 4.74 Å². The fraction of sp³-hybridized carbons (Fsp3) is 0.353. The van der Waals surface area contributed by atoms with Gasteiger partial charge >= 0.3 is 6.09 Å². The molecule has 2 aliphatic carbocycles. The molecule has 1 amide bonds. The summed E-state index contributed by atoms with van der Waals surface area (Å²) in [5, 5.41) is 0. The molecule has 3 rings (SSSR count). The first-order valence-electron chi connectivity index (χ1n) is 6.93. The molecule has 1 atom stereocenters. The Morgan fingerprint density at radius 1 is 1.30 bits per heavy atom. The molecule has 0 aromatic carbocycles. The Kier molecular flexibility index (Phi) is 2.93. The van der Waals surface area contributed by atoms with Gasteiger partial charge in [-0.2, -0.15) is 0 Å². The third-order valence-corrected chi connectivity index (χ3v) is 3.50. The Morgan fingerprint density at radius 3 is 2.85 bits per heavy atom. The zero-order valence-corrected chi connectivity index (χ0v) is 12.1. The van der Waals surface area contributed by atoms with Crippen molar-refractivity contribution in [2.24, 2.45) is 5.92 Å². The lowest BCUT2D eigenvalue weighted by Crippen LogP contribution is -2.35. The van der Waals surface area contributed by atoms with Crippen molar-refractivity contribution < 1.29 is 9.53 Å². The van der Waals surface area contributed by atoms with Crippen LogP contribution in [0, 0.1) is 5.92 Å². The third kappa shape index (κ3) is 2.36. The molecule has 0 saturated heterocycles. The van der Waals surface area contributed by atoms with Gasteiger partial charge in [0.1, 0.15) is 5.60 Å². The number of ether oxygens (including phenoxy) is 1. The maximum Gasteiger partial charge on any atom is 0.418 e. The van der Waals surface area contributed by atoms with Crippen molar-refractivity contribution >= 4 is 6.09 Å². The molecule has 0 N–H and O–H groups in total. The second kappa shape index (κ2) is 4.51. The van der Waals surface area contributed by atoms with Crippen LogP contribution in [0.4, 0.5) is 4.79 Å². The Balaban J connectivity index is 1.90. The van der Waals surface area contributed by atoms with Crippen LogP contribution in [0.1, 0.15) is 27.2 Å². The van der Waals surface area contributed by atoms with E-state index in [0.29, 0.717) is 0 Å². The minimum atomic E-state index is -0.477. The summed E-state index contributed by atoms with van der Waals surface area (Å²) in [5.74, 6) is 0.272. The van der Waals surface area contributed by atoms with E-state index in [1.807, 2.05) is 39.1 Å². The van der Waals surface area contributed by atoms with Crippen molar-refractivity contribution in [1.29, 1.82) is 0 Å². The second-order valence-corrected chi connectivity index (χ2v) is 6.25. The van der Waals surface area contributed by atoms with Gasteiger partial charge in [-0.15, -0.1) is 0 Å². The Morgan fingerprint density at radius 2 is 2.10 bits per heavy atom. The number of fused-ring (bicyclic) bond motifs is 3. The summed E-state index contributed by atoms with van der Waals surface area (Å²) >= 11 is 0. The van der Waals surface area contributed by atoms with Gasteiger partial charge in [-0.1, -0.05) is 30.4 Å². The van der Waals surface area contributed by atoms with E-state index in [0.717, 1.165) is 12.1 Å². The van der Waals surface area contributed by atoms with Crippen molar-refractivity contribution in [3.05, 3.63) is 59.5 Å². The van der Waals surface area contributed by atoms with Gasteiger partial charge in [0.05, 0.1) is 0 Å². The van der Waals surface area contributed by atoms with E-state index in [1.165, 1.54) is 11.1 Å². The molecule has 3 heteroatoms. The van der Waals surface area contributed by atoms with Gasteiger partial charge in [0.15, 0.2) is 0 Å². The first kappa shape index (κ1) is 13.0. The van der Waals surface area contributed by atoms with E-state index in [4.69, 9.17) is 4.74 Å². The number of nitrogens with zero attached hydrogens (tertiary/aromatic N) is 1. The molecule has 0 aromatic heterocycles. The molecule has 0 aromatic rings. The molecule has 0 saturated carbocycles. The molecule has 3 nitrogen and oxygen atoms in total. The van der Waals surface area contributed by atoms with Crippen LogP contribution >= 0.6 is 0 Å². The highest BCUT2D eigenvalue weighted by Gasteiger charge is 2.30. The lowest BCUT2D eigenvalue weighted by atomic mass is 9.82. The highest BCUT2D eigenvalue weighted by Crippen LogP contribution is 2.38. The molecule has 0 radical (unpaired) electrons. The number of hydrogen-bond donors (Lipinski definition) is 0. The van der Waals surface area contributed by atoms with Gasteiger partial charge in [0, 0.05) is 24.2 Å². The Labute approximate surface area is 119 Å². The maximum absolute atomic E-state index is 12.2. The first-order chi connectivity index (χ1) is 9.44.